The molecule has 0 unspecified atom stereocenters. The van der Waals surface area contributed by atoms with Crippen molar-refractivity contribution in [2.75, 3.05) is 27.1 Å². The molecule has 0 bridgehead atoms. The lowest BCUT2D eigenvalue weighted by molar-refractivity contribution is -0.130. The summed E-state index contributed by atoms with van der Waals surface area (Å²) in [5, 5.41) is 0. The summed E-state index contributed by atoms with van der Waals surface area (Å²) in [7, 11) is 1.73. The minimum Gasteiger partial charge on any atom is -0.490 e. The molecule has 0 radical (unpaired) electrons. The summed E-state index contributed by atoms with van der Waals surface area (Å²) < 4.78 is 21.9. The molecule has 2 aliphatic rings. The highest BCUT2D eigenvalue weighted by molar-refractivity contribution is 5.98. The quantitative estimate of drug-likeness (QED) is 0.697. The smallest absolute Gasteiger partial charge is 0.231 e. The maximum absolute atomic E-state index is 12.5. The van der Waals surface area contributed by atoms with E-state index >= 15 is 0 Å². The third kappa shape index (κ3) is 4.45. The molecule has 2 aromatic carbocycles. The van der Waals surface area contributed by atoms with E-state index in [4.69, 9.17) is 18.9 Å². The summed E-state index contributed by atoms with van der Waals surface area (Å²) in [6.07, 6.45) is 1.10. The lowest BCUT2D eigenvalue weighted by Crippen LogP contribution is -2.26. The topological polar surface area (TPSA) is 74.3 Å². The largest absolute Gasteiger partial charge is 0.490 e. The number of fused-ring (bicyclic) bond motifs is 2. The molecule has 0 spiro atoms. The van der Waals surface area contributed by atoms with Crippen molar-refractivity contribution in [3.8, 4) is 23.0 Å². The van der Waals surface area contributed by atoms with Crippen LogP contribution < -0.4 is 18.9 Å². The van der Waals surface area contributed by atoms with Gasteiger partial charge in [-0.15, -0.1) is 0 Å². The lowest BCUT2D eigenvalue weighted by Gasteiger charge is -2.17. The molecule has 0 aromatic heterocycles. The zero-order valence-corrected chi connectivity index (χ0v) is 16.3. The number of rotatable bonds is 6. The summed E-state index contributed by atoms with van der Waals surface area (Å²) in [5.41, 5.74) is 1.47. The fourth-order valence-electron chi connectivity index (χ4n) is 3.29. The molecule has 152 valence electrons. The monoisotopic (exact) mass is 397 g/mol. The molecule has 0 saturated carbocycles. The molecule has 0 saturated heterocycles. The molecule has 2 aliphatic heterocycles. The summed E-state index contributed by atoms with van der Waals surface area (Å²) in [5.74, 6) is 2.45. The van der Waals surface area contributed by atoms with Crippen LogP contribution >= 0.6 is 0 Å². The van der Waals surface area contributed by atoms with Crippen molar-refractivity contribution < 1.29 is 28.5 Å². The zero-order chi connectivity index (χ0) is 20.2. The van der Waals surface area contributed by atoms with Crippen LogP contribution in [-0.4, -0.2) is 43.6 Å². The van der Waals surface area contributed by atoms with Gasteiger partial charge in [-0.25, -0.2) is 0 Å². The van der Waals surface area contributed by atoms with Gasteiger partial charge in [0.2, 0.25) is 12.7 Å². The van der Waals surface area contributed by atoms with Gasteiger partial charge in [0.25, 0.3) is 0 Å². The Morgan fingerprint density at radius 2 is 1.55 bits per heavy atom. The number of hydrogen-bond acceptors (Lipinski definition) is 6. The Labute approximate surface area is 169 Å². The van der Waals surface area contributed by atoms with Crippen LogP contribution in [0.2, 0.25) is 0 Å². The zero-order valence-electron chi connectivity index (χ0n) is 16.3. The Morgan fingerprint density at radius 3 is 2.41 bits per heavy atom. The number of amides is 1. The Kier molecular flexibility index (Phi) is 5.55. The first-order valence-electron chi connectivity index (χ1n) is 9.65. The highest BCUT2D eigenvalue weighted by Gasteiger charge is 2.18. The van der Waals surface area contributed by atoms with Gasteiger partial charge in [0.1, 0.15) is 0 Å². The number of benzene rings is 2. The van der Waals surface area contributed by atoms with Crippen molar-refractivity contribution in [3.63, 3.8) is 0 Å². The van der Waals surface area contributed by atoms with Crippen LogP contribution in [0.1, 0.15) is 35.2 Å². The van der Waals surface area contributed by atoms with E-state index in [9.17, 15) is 9.59 Å². The summed E-state index contributed by atoms with van der Waals surface area (Å²) in [6, 6.07) is 10.8. The van der Waals surface area contributed by atoms with Crippen LogP contribution in [-0.2, 0) is 11.3 Å². The molecule has 2 aromatic rings. The molecule has 0 fully saturated rings. The van der Waals surface area contributed by atoms with Crippen molar-refractivity contribution in [3.05, 3.63) is 47.5 Å². The highest BCUT2D eigenvalue weighted by atomic mass is 16.7. The van der Waals surface area contributed by atoms with Crippen molar-refractivity contribution in [2.24, 2.45) is 0 Å². The van der Waals surface area contributed by atoms with Gasteiger partial charge in [0, 0.05) is 38.4 Å². The fourth-order valence-corrected chi connectivity index (χ4v) is 3.29. The normalized spacial score (nSPS) is 14.2. The van der Waals surface area contributed by atoms with Crippen LogP contribution in [0.4, 0.5) is 0 Å². The second-order valence-electron chi connectivity index (χ2n) is 7.07. The first-order valence-corrected chi connectivity index (χ1v) is 9.65. The number of nitrogens with zero attached hydrogens (tertiary/aromatic N) is 1. The Morgan fingerprint density at radius 1 is 0.862 bits per heavy atom. The third-order valence-corrected chi connectivity index (χ3v) is 4.92. The Bertz CT molecular complexity index is 926. The average Bonchev–Trinajstić information content (AvgIpc) is 3.07. The molecule has 1 amide bonds. The summed E-state index contributed by atoms with van der Waals surface area (Å²) in [4.78, 5) is 26.6. The van der Waals surface area contributed by atoms with E-state index < -0.39 is 0 Å². The van der Waals surface area contributed by atoms with E-state index in [-0.39, 0.29) is 31.3 Å². The standard InChI is InChI=1S/C22H23NO6/c1-23(13-15-3-6-19-20(11-15)29-14-28-19)22(25)8-5-17(24)16-4-7-18-21(12-16)27-10-2-9-26-18/h3-4,6-7,11-12H,2,5,8-10,13-14H2,1H3. The molecule has 7 heteroatoms. The maximum atomic E-state index is 12.5. The van der Waals surface area contributed by atoms with E-state index in [0.29, 0.717) is 48.3 Å². The second-order valence-corrected chi connectivity index (χ2v) is 7.07. The number of carbonyl (C=O) groups excluding carboxylic acids is 2. The lowest BCUT2D eigenvalue weighted by atomic mass is 10.1. The van der Waals surface area contributed by atoms with E-state index in [1.165, 1.54) is 0 Å². The van der Waals surface area contributed by atoms with Gasteiger partial charge in [-0.05, 0) is 35.9 Å². The van der Waals surface area contributed by atoms with E-state index in [1.54, 1.807) is 30.1 Å². The first-order chi connectivity index (χ1) is 14.1. The minimum absolute atomic E-state index is 0.0922. The molecule has 0 atom stereocenters. The molecule has 0 N–H and O–H groups in total. The van der Waals surface area contributed by atoms with Gasteiger partial charge < -0.3 is 23.8 Å². The minimum atomic E-state index is -0.0923. The molecule has 4 rings (SSSR count). The van der Waals surface area contributed by atoms with Gasteiger partial charge >= 0.3 is 0 Å². The van der Waals surface area contributed by atoms with E-state index in [0.717, 1.165) is 12.0 Å². The van der Waals surface area contributed by atoms with Crippen LogP contribution in [0, 0.1) is 0 Å². The number of ketones is 1. The Hall–Kier alpha value is -3.22. The van der Waals surface area contributed by atoms with Gasteiger partial charge in [-0.2, -0.15) is 0 Å². The van der Waals surface area contributed by atoms with E-state index in [2.05, 4.69) is 0 Å². The predicted octanol–water partition coefficient (Wildman–Crippen LogP) is 3.20. The molecule has 7 nitrogen and oxygen atoms in total. The van der Waals surface area contributed by atoms with Crippen LogP contribution in [0.25, 0.3) is 0 Å². The SMILES string of the molecule is CN(Cc1ccc2c(c1)OCO2)C(=O)CCC(=O)c1ccc2c(c1)OCCCO2. The number of carbonyl (C=O) groups is 2. The third-order valence-electron chi connectivity index (χ3n) is 4.92. The molecular formula is C22H23NO6. The van der Waals surface area contributed by atoms with Crippen molar-refractivity contribution in [2.45, 2.75) is 25.8 Å². The van der Waals surface area contributed by atoms with Crippen molar-refractivity contribution >= 4 is 11.7 Å². The first kappa shape index (κ1) is 19.1. The second kappa shape index (κ2) is 8.43. The molecular weight excluding hydrogens is 374 g/mol. The summed E-state index contributed by atoms with van der Waals surface area (Å²) >= 11 is 0. The number of Topliss-reactive ketones (excluding diaryl/α,β-unsaturated/α-hetero) is 1. The molecule has 2 heterocycles. The van der Waals surface area contributed by atoms with Crippen molar-refractivity contribution in [1.82, 2.24) is 4.90 Å². The molecule has 29 heavy (non-hydrogen) atoms. The predicted molar refractivity (Wildman–Crippen MR) is 105 cm³/mol. The van der Waals surface area contributed by atoms with Crippen LogP contribution in [0.5, 0.6) is 23.0 Å². The van der Waals surface area contributed by atoms with Crippen LogP contribution in [0.15, 0.2) is 36.4 Å². The average molecular weight is 397 g/mol. The number of ether oxygens (including phenoxy) is 4. The van der Waals surface area contributed by atoms with E-state index in [1.807, 2.05) is 18.2 Å². The molecule has 0 aliphatic carbocycles. The maximum Gasteiger partial charge on any atom is 0.231 e. The summed E-state index contributed by atoms with van der Waals surface area (Å²) in [6.45, 7) is 1.82. The van der Waals surface area contributed by atoms with Gasteiger partial charge in [-0.1, -0.05) is 6.07 Å². The van der Waals surface area contributed by atoms with Crippen LogP contribution in [0.3, 0.4) is 0 Å². The van der Waals surface area contributed by atoms with Crippen molar-refractivity contribution in [1.29, 1.82) is 0 Å². The Balaban J connectivity index is 1.31. The highest BCUT2D eigenvalue weighted by Crippen LogP contribution is 2.33. The van der Waals surface area contributed by atoms with Gasteiger partial charge in [0.15, 0.2) is 28.8 Å². The fraction of sp³-hybridized carbons (Fsp3) is 0.364. The number of hydrogen-bond donors (Lipinski definition) is 0. The van der Waals surface area contributed by atoms with Gasteiger partial charge in [-0.3, -0.25) is 9.59 Å². The van der Waals surface area contributed by atoms with Gasteiger partial charge in [0.05, 0.1) is 13.2 Å².